The molecule has 0 bridgehead atoms. The largest absolute Gasteiger partial charge is 0.494 e. The van der Waals surface area contributed by atoms with Crippen LogP contribution in [-0.2, 0) is 0 Å². The van der Waals surface area contributed by atoms with Gasteiger partial charge in [-0.15, -0.1) is 0 Å². The number of hydrogen-bond acceptors (Lipinski definition) is 3. The molecule has 0 unspecified atom stereocenters. The topological polar surface area (TPSA) is 58.6 Å². The number of carbonyl (C=O) groups is 1. The summed E-state index contributed by atoms with van der Waals surface area (Å²) in [5.74, 6) is -0.676. The molecule has 0 atom stereocenters. The van der Waals surface area contributed by atoms with Crippen LogP contribution in [0.3, 0.4) is 0 Å². The molecule has 5 heteroatoms. The first-order chi connectivity index (χ1) is 9.10. The summed E-state index contributed by atoms with van der Waals surface area (Å²) < 4.78 is 18.1. The second-order valence-corrected chi connectivity index (χ2v) is 5.01. The van der Waals surface area contributed by atoms with Crippen LogP contribution in [0.2, 0.25) is 0 Å². The van der Waals surface area contributed by atoms with Crippen LogP contribution in [0.4, 0.5) is 4.39 Å². The Morgan fingerprint density at radius 1 is 1.53 bits per heavy atom. The number of aliphatic hydroxyl groups excluding tert-OH is 1. The first kappa shape index (κ1) is 13.8. The van der Waals surface area contributed by atoms with Gasteiger partial charge in [0.15, 0.2) is 11.6 Å². The van der Waals surface area contributed by atoms with E-state index in [1.165, 1.54) is 25.3 Å². The highest BCUT2D eigenvalue weighted by Gasteiger charge is 2.41. The third-order valence-corrected chi connectivity index (χ3v) is 3.64. The Kier molecular flexibility index (Phi) is 4.04. The lowest BCUT2D eigenvalue weighted by molar-refractivity contribution is 0.0940. The summed E-state index contributed by atoms with van der Waals surface area (Å²) in [5.41, 5.74) is 0.437. The van der Waals surface area contributed by atoms with Gasteiger partial charge in [0.2, 0.25) is 0 Å². The van der Waals surface area contributed by atoms with Gasteiger partial charge >= 0.3 is 0 Å². The molecule has 0 aromatic heterocycles. The maximum absolute atomic E-state index is 13.2. The molecule has 1 aliphatic carbocycles. The van der Waals surface area contributed by atoms with Crippen LogP contribution < -0.4 is 10.1 Å². The van der Waals surface area contributed by atoms with Crippen molar-refractivity contribution in [3.05, 3.63) is 29.6 Å². The molecule has 0 radical (unpaired) electrons. The summed E-state index contributed by atoms with van der Waals surface area (Å²) in [5, 5.41) is 11.8. The molecule has 1 aliphatic rings. The van der Waals surface area contributed by atoms with Crippen LogP contribution in [0.5, 0.6) is 5.75 Å². The van der Waals surface area contributed by atoms with E-state index in [0.29, 0.717) is 18.5 Å². The quantitative estimate of drug-likeness (QED) is 0.825. The molecule has 4 nitrogen and oxygen atoms in total. The molecule has 2 N–H and O–H groups in total. The molecule has 0 heterocycles. The van der Waals surface area contributed by atoms with Crippen LogP contribution in [0.15, 0.2) is 18.2 Å². The summed E-state index contributed by atoms with van der Waals surface area (Å²) in [4.78, 5) is 12.0. The maximum atomic E-state index is 13.2. The molecular formula is C14H18FNO3. The molecule has 1 saturated carbocycles. The van der Waals surface area contributed by atoms with Crippen molar-refractivity contribution in [3.63, 3.8) is 0 Å². The zero-order chi connectivity index (χ0) is 13.9. The van der Waals surface area contributed by atoms with Gasteiger partial charge in [0.1, 0.15) is 0 Å². The highest BCUT2D eigenvalue weighted by atomic mass is 19.1. The monoisotopic (exact) mass is 267 g/mol. The molecule has 19 heavy (non-hydrogen) atoms. The van der Waals surface area contributed by atoms with E-state index in [-0.39, 0.29) is 23.7 Å². The van der Waals surface area contributed by atoms with E-state index in [1.807, 2.05) is 0 Å². The Balaban J connectivity index is 1.96. The maximum Gasteiger partial charge on any atom is 0.251 e. The van der Waals surface area contributed by atoms with Crippen molar-refractivity contribution in [1.82, 2.24) is 5.32 Å². The van der Waals surface area contributed by atoms with E-state index in [0.717, 1.165) is 12.8 Å². The van der Waals surface area contributed by atoms with Crippen molar-refractivity contribution in [2.45, 2.75) is 19.3 Å². The lowest BCUT2D eigenvalue weighted by Crippen LogP contribution is -2.30. The number of hydrogen-bond donors (Lipinski definition) is 2. The molecule has 0 aliphatic heterocycles. The van der Waals surface area contributed by atoms with Gasteiger partial charge in [-0.1, -0.05) is 0 Å². The number of aliphatic hydroxyl groups is 1. The average Bonchev–Trinajstić information content (AvgIpc) is 3.17. The van der Waals surface area contributed by atoms with Gasteiger partial charge in [0.25, 0.3) is 5.91 Å². The lowest BCUT2D eigenvalue weighted by Gasteiger charge is -2.14. The molecule has 104 valence electrons. The van der Waals surface area contributed by atoms with Crippen LogP contribution in [-0.4, -0.2) is 31.3 Å². The van der Waals surface area contributed by atoms with E-state index in [9.17, 15) is 9.18 Å². The second kappa shape index (κ2) is 5.57. The third kappa shape index (κ3) is 3.23. The molecule has 1 aromatic rings. The molecule has 1 aromatic carbocycles. The van der Waals surface area contributed by atoms with Crippen molar-refractivity contribution in [3.8, 4) is 5.75 Å². The Morgan fingerprint density at radius 3 is 2.84 bits per heavy atom. The van der Waals surface area contributed by atoms with E-state index < -0.39 is 5.82 Å². The van der Waals surface area contributed by atoms with E-state index in [4.69, 9.17) is 9.84 Å². The minimum atomic E-state index is -0.488. The average molecular weight is 267 g/mol. The summed E-state index contributed by atoms with van der Waals surface area (Å²) in [7, 11) is 1.36. The highest BCUT2D eigenvalue weighted by molar-refractivity contribution is 5.94. The summed E-state index contributed by atoms with van der Waals surface area (Å²) in [6.07, 6.45) is 2.77. The predicted octanol–water partition coefficient (Wildman–Crippen LogP) is 1.73. The first-order valence-corrected chi connectivity index (χ1v) is 6.33. The number of rotatable bonds is 6. The zero-order valence-corrected chi connectivity index (χ0v) is 10.9. The minimum Gasteiger partial charge on any atom is -0.494 e. The van der Waals surface area contributed by atoms with Gasteiger partial charge in [-0.05, 0) is 42.9 Å². The standard InChI is InChI=1S/C14H18FNO3/c1-19-12-8-10(2-3-11(12)15)13(18)16-9-14(4-5-14)6-7-17/h2-3,8,17H,4-7,9H2,1H3,(H,16,18). The molecule has 1 amide bonds. The first-order valence-electron chi connectivity index (χ1n) is 6.33. The number of halogens is 1. The number of carbonyl (C=O) groups excluding carboxylic acids is 1. The van der Waals surface area contributed by atoms with Gasteiger partial charge in [-0.2, -0.15) is 0 Å². The fraction of sp³-hybridized carbons (Fsp3) is 0.500. The van der Waals surface area contributed by atoms with Crippen molar-refractivity contribution >= 4 is 5.91 Å². The van der Waals surface area contributed by atoms with Gasteiger partial charge < -0.3 is 15.2 Å². The normalized spacial score (nSPS) is 15.9. The molecule has 0 saturated heterocycles. The van der Waals surface area contributed by atoms with Crippen LogP contribution in [0.25, 0.3) is 0 Å². The number of nitrogens with one attached hydrogen (secondary N) is 1. The van der Waals surface area contributed by atoms with E-state index in [2.05, 4.69) is 5.32 Å². The van der Waals surface area contributed by atoms with E-state index >= 15 is 0 Å². The predicted molar refractivity (Wildman–Crippen MR) is 68.7 cm³/mol. The van der Waals surface area contributed by atoms with Gasteiger partial charge in [0, 0.05) is 18.7 Å². The van der Waals surface area contributed by atoms with Crippen molar-refractivity contribution in [2.24, 2.45) is 5.41 Å². The zero-order valence-electron chi connectivity index (χ0n) is 10.9. The number of methoxy groups -OCH3 is 1. The Hall–Kier alpha value is -1.62. The number of benzene rings is 1. The highest BCUT2D eigenvalue weighted by Crippen LogP contribution is 2.47. The smallest absolute Gasteiger partial charge is 0.251 e. The van der Waals surface area contributed by atoms with Crippen LogP contribution in [0, 0.1) is 11.2 Å². The fourth-order valence-electron chi connectivity index (χ4n) is 2.10. The second-order valence-electron chi connectivity index (χ2n) is 5.01. The Labute approximate surface area is 111 Å². The summed E-state index contributed by atoms with van der Waals surface area (Å²) in [6.45, 7) is 0.687. The lowest BCUT2D eigenvalue weighted by atomic mass is 10.0. The Bertz CT molecular complexity index is 472. The number of ether oxygens (including phenoxy) is 1. The van der Waals surface area contributed by atoms with Gasteiger partial charge in [-0.25, -0.2) is 4.39 Å². The molecule has 1 fully saturated rings. The van der Waals surface area contributed by atoms with Gasteiger partial charge in [0.05, 0.1) is 7.11 Å². The van der Waals surface area contributed by atoms with Crippen molar-refractivity contribution < 1.29 is 19.0 Å². The van der Waals surface area contributed by atoms with Crippen molar-refractivity contribution in [2.75, 3.05) is 20.3 Å². The fourth-order valence-corrected chi connectivity index (χ4v) is 2.10. The van der Waals surface area contributed by atoms with E-state index in [1.54, 1.807) is 0 Å². The minimum absolute atomic E-state index is 0.0594. The summed E-state index contributed by atoms with van der Waals surface area (Å²) >= 11 is 0. The SMILES string of the molecule is COc1cc(C(=O)NCC2(CCO)CC2)ccc1F. The summed E-state index contributed by atoms with van der Waals surface area (Å²) in [6, 6.07) is 4.03. The molecule has 0 spiro atoms. The van der Waals surface area contributed by atoms with Gasteiger partial charge in [-0.3, -0.25) is 4.79 Å². The molecular weight excluding hydrogens is 249 g/mol. The molecule has 2 rings (SSSR count). The van der Waals surface area contributed by atoms with Crippen LogP contribution >= 0.6 is 0 Å². The van der Waals surface area contributed by atoms with Crippen molar-refractivity contribution in [1.29, 1.82) is 0 Å². The Morgan fingerprint density at radius 2 is 2.26 bits per heavy atom. The van der Waals surface area contributed by atoms with Crippen LogP contribution in [0.1, 0.15) is 29.6 Å². The third-order valence-electron chi connectivity index (χ3n) is 3.64. The number of amides is 1.